The van der Waals surface area contributed by atoms with Crippen molar-refractivity contribution in [3.05, 3.63) is 59.7 Å². The number of fused-ring (bicyclic) bond motifs is 3. The van der Waals surface area contributed by atoms with E-state index in [1.807, 2.05) is 43.3 Å². The number of amides is 2. The maximum atomic E-state index is 12.7. The molecule has 4 rings (SSSR count). The Balaban J connectivity index is 1.37. The lowest BCUT2D eigenvalue weighted by atomic mass is 9.98. The number of carboxylic acid groups (broad SMARTS) is 1. The minimum atomic E-state index is -1.10. The summed E-state index contributed by atoms with van der Waals surface area (Å²) in [6.07, 6.45) is -0.564. The van der Waals surface area contributed by atoms with Crippen molar-refractivity contribution in [1.82, 2.24) is 10.6 Å². The van der Waals surface area contributed by atoms with Gasteiger partial charge < -0.3 is 25.2 Å². The average molecular weight is 467 g/mol. The van der Waals surface area contributed by atoms with E-state index in [1.165, 1.54) is 0 Å². The van der Waals surface area contributed by atoms with E-state index >= 15 is 0 Å². The van der Waals surface area contributed by atoms with Gasteiger partial charge in [0.2, 0.25) is 0 Å². The van der Waals surface area contributed by atoms with Gasteiger partial charge in [-0.2, -0.15) is 0 Å². The van der Waals surface area contributed by atoms with Gasteiger partial charge in [0.05, 0.1) is 6.04 Å². The van der Waals surface area contributed by atoms with Crippen LogP contribution in [0.4, 0.5) is 4.79 Å². The van der Waals surface area contributed by atoms with Crippen LogP contribution in [0.15, 0.2) is 48.5 Å². The molecule has 0 saturated carbocycles. The van der Waals surface area contributed by atoms with E-state index in [-0.39, 0.29) is 25.0 Å². The highest BCUT2D eigenvalue weighted by atomic mass is 16.6. The van der Waals surface area contributed by atoms with Crippen molar-refractivity contribution >= 4 is 18.0 Å². The van der Waals surface area contributed by atoms with E-state index in [0.29, 0.717) is 12.8 Å². The summed E-state index contributed by atoms with van der Waals surface area (Å²) in [6.45, 7) is 4.08. The molecule has 1 saturated heterocycles. The van der Waals surface area contributed by atoms with Gasteiger partial charge in [0.15, 0.2) is 6.10 Å². The highest BCUT2D eigenvalue weighted by Crippen LogP contribution is 2.44. The summed E-state index contributed by atoms with van der Waals surface area (Å²) in [5, 5.41) is 14.7. The van der Waals surface area contributed by atoms with Crippen molar-refractivity contribution in [2.24, 2.45) is 5.92 Å². The van der Waals surface area contributed by atoms with Crippen LogP contribution in [-0.2, 0) is 19.1 Å². The third kappa shape index (κ3) is 4.77. The summed E-state index contributed by atoms with van der Waals surface area (Å²) >= 11 is 0. The molecule has 1 unspecified atom stereocenters. The number of ether oxygens (including phenoxy) is 2. The molecule has 2 aromatic rings. The van der Waals surface area contributed by atoms with Gasteiger partial charge in [-0.25, -0.2) is 9.59 Å². The molecule has 180 valence electrons. The van der Waals surface area contributed by atoms with E-state index in [1.54, 1.807) is 6.92 Å². The van der Waals surface area contributed by atoms with Gasteiger partial charge in [-0.1, -0.05) is 68.8 Å². The maximum Gasteiger partial charge on any atom is 0.407 e. The fourth-order valence-corrected chi connectivity index (χ4v) is 4.71. The molecule has 4 atom stereocenters. The van der Waals surface area contributed by atoms with Crippen LogP contribution in [0.3, 0.4) is 0 Å². The topological polar surface area (TPSA) is 114 Å². The van der Waals surface area contributed by atoms with Crippen molar-refractivity contribution in [3.8, 4) is 11.1 Å². The van der Waals surface area contributed by atoms with Crippen LogP contribution in [0.2, 0.25) is 0 Å². The van der Waals surface area contributed by atoms with Crippen molar-refractivity contribution in [1.29, 1.82) is 0 Å². The lowest BCUT2D eigenvalue weighted by molar-refractivity contribution is -0.145. The first-order chi connectivity index (χ1) is 16.4. The SMILES string of the molecule is CCC(C)[C@H](NC(=O)[C@H]1OCC[C@H]1NC(=O)OCC1c2ccccc2-c2ccccc21)C(=O)O. The Morgan fingerprint density at radius 2 is 1.71 bits per heavy atom. The summed E-state index contributed by atoms with van der Waals surface area (Å²) in [5.41, 5.74) is 4.51. The van der Waals surface area contributed by atoms with Gasteiger partial charge in [-0.3, -0.25) is 4.79 Å². The average Bonchev–Trinajstić information content (AvgIpc) is 3.43. The van der Waals surface area contributed by atoms with E-state index in [4.69, 9.17) is 9.47 Å². The quantitative estimate of drug-likeness (QED) is 0.550. The zero-order valence-electron chi connectivity index (χ0n) is 19.3. The highest BCUT2D eigenvalue weighted by Gasteiger charge is 2.38. The predicted octanol–water partition coefficient (Wildman–Crippen LogP) is 3.30. The fraction of sp³-hybridized carbons (Fsp3) is 0.423. The maximum absolute atomic E-state index is 12.7. The minimum absolute atomic E-state index is 0.0658. The third-order valence-corrected chi connectivity index (χ3v) is 6.77. The van der Waals surface area contributed by atoms with Crippen molar-refractivity contribution in [3.63, 3.8) is 0 Å². The number of aliphatic carboxylic acids is 1. The number of benzene rings is 2. The standard InChI is InChI=1S/C26H30N2O6/c1-3-15(2)22(25(30)31)28-24(29)23-21(12-13-33-23)27-26(32)34-14-20-18-10-6-4-8-16(18)17-9-5-7-11-19(17)20/h4-11,15,20-23H,3,12-14H2,1-2H3,(H,27,32)(H,28,29)(H,30,31)/t15?,21-,22+,23+/m1/s1. The number of hydrogen-bond donors (Lipinski definition) is 3. The molecule has 2 amide bonds. The second kappa shape index (κ2) is 10.3. The first-order valence-corrected chi connectivity index (χ1v) is 11.7. The molecule has 3 N–H and O–H groups in total. The molecule has 1 aliphatic heterocycles. The van der Waals surface area contributed by atoms with Crippen molar-refractivity contribution < 1.29 is 29.0 Å². The lowest BCUT2D eigenvalue weighted by Crippen LogP contribution is -2.53. The molecule has 8 nitrogen and oxygen atoms in total. The monoisotopic (exact) mass is 466 g/mol. The van der Waals surface area contributed by atoms with E-state index in [9.17, 15) is 19.5 Å². The van der Waals surface area contributed by atoms with Crippen LogP contribution >= 0.6 is 0 Å². The minimum Gasteiger partial charge on any atom is -0.480 e. The Labute approximate surface area is 198 Å². The van der Waals surface area contributed by atoms with Gasteiger partial charge in [-0.15, -0.1) is 0 Å². The molecular weight excluding hydrogens is 436 g/mol. The largest absolute Gasteiger partial charge is 0.480 e. The Hall–Kier alpha value is -3.39. The van der Waals surface area contributed by atoms with E-state index in [0.717, 1.165) is 22.3 Å². The summed E-state index contributed by atoms with van der Waals surface area (Å²) in [7, 11) is 0. The number of carbonyl (C=O) groups is 3. The Bertz CT molecular complexity index is 1030. The molecule has 1 fully saturated rings. The van der Waals surface area contributed by atoms with Gasteiger partial charge in [-0.05, 0) is 34.6 Å². The summed E-state index contributed by atoms with van der Waals surface area (Å²) in [4.78, 5) is 36.9. The van der Waals surface area contributed by atoms with Crippen LogP contribution in [-0.4, -0.2) is 54.5 Å². The number of carbonyl (C=O) groups excluding carboxylic acids is 2. The van der Waals surface area contributed by atoms with E-state index < -0.39 is 36.2 Å². The van der Waals surface area contributed by atoms with Crippen LogP contribution in [0, 0.1) is 5.92 Å². The molecule has 8 heteroatoms. The normalized spacial score (nSPS) is 20.6. The number of alkyl carbamates (subject to hydrolysis) is 1. The van der Waals surface area contributed by atoms with Crippen LogP contribution < -0.4 is 10.6 Å². The molecular formula is C26H30N2O6. The summed E-state index contributed by atoms with van der Waals surface area (Å²) < 4.78 is 11.1. The summed E-state index contributed by atoms with van der Waals surface area (Å²) in [5.74, 6) is -1.95. The van der Waals surface area contributed by atoms with Gasteiger partial charge in [0.1, 0.15) is 12.6 Å². The molecule has 0 radical (unpaired) electrons. The first-order valence-electron chi connectivity index (χ1n) is 11.7. The van der Waals surface area contributed by atoms with Gasteiger partial charge in [0, 0.05) is 12.5 Å². The van der Waals surface area contributed by atoms with E-state index in [2.05, 4.69) is 22.8 Å². The molecule has 1 aliphatic carbocycles. The zero-order chi connectivity index (χ0) is 24.2. The van der Waals surface area contributed by atoms with Gasteiger partial charge >= 0.3 is 12.1 Å². The lowest BCUT2D eigenvalue weighted by Gasteiger charge is -2.24. The molecule has 2 aromatic carbocycles. The van der Waals surface area contributed by atoms with Crippen LogP contribution in [0.5, 0.6) is 0 Å². The van der Waals surface area contributed by atoms with Crippen LogP contribution in [0.25, 0.3) is 11.1 Å². The molecule has 0 aromatic heterocycles. The fourth-order valence-electron chi connectivity index (χ4n) is 4.71. The highest BCUT2D eigenvalue weighted by molar-refractivity contribution is 5.87. The number of rotatable bonds is 8. The Morgan fingerprint density at radius 1 is 1.09 bits per heavy atom. The molecule has 0 bridgehead atoms. The first kappa shape index (κ1) is 23.8. The Kier molecular flexibility index (Phi) is 7.17. The molecule has 0 spiro atoms. The number of hydrogen-bond acceptors (Lipinski definition) is 5. The predicted molar refractivity (Wildman–Crippen MR) is 125 cm³/mol. The zero-order valence-corrected chi connectivity index (χ0v) is 19.3. The molecule has 34 heavy (non-hydrogen) atoms. The van der Waals surface area contributed by atoms with Crippen LogP contribution in [0.1, 0.15) is 43.7 Å². The van der Waals surface area contributed by atoms with Crippen molar-refractivity contribution in [2.45, 2.75) is 50.8 Å². The number of carboxylic acids is 1. The smallest absolute Gasteiger partial charge is 0.407 e. The van der Waals surface area contributed by atoms with Crippen molar-refractivity contribution in [2.75, 3.05) is 13.2 Å². The number of nitrogens with one attached hydrogen (secondary N) is 2. The Morgan fingerprint density at radius 3 is 2.29 bits per heavy atom. The van der Waals surface area contributed by atoms with Gasteiger partial charge in [0.25, 0.3) is 5.91 Å². The second-order valence-corrected chi connectivity index (χ2v) is 8.87. The molecule has 1 heterocycles. The summed E-state index contributed by atoms with van der Waals surface area (Å²) in [6, 6.07) is 14.5. The third-order valence-electron chi connectivity index (χ3n) is 6.77. The second-order valence-electron chi connectivity index (χ2n) is 8.87. The molecule has 2 aliphatic rings.